The second-order valence-electron chi connectivity index (χ2n) is 3.46. The Morgan fingerprint density at radius 2 is 1.80 bits per heavy atom. The molecule has 0 aliphatic carbocycles. The van der Waals surface area contributed by atoms with E-state index in [0.29, 0.717) is 17.7 Å². The summed E-state index contributed by atoms with van der Waals surface area (Å²) in [5.74, 6) is -0.277. The largest absolute Gasteiger partial charge is 0.298 e. The lowest BCUT2D eigenvalue weighted by Crippen LogP contribution is -1.97. The Kier molecular flexibility index (Phi) is 9.75. The molecule has 0 atom stereocenters. The van der Waals surface area contributed by atoms with Gasteiger partial charge in [-0.25, -0.2) is 4.39 Å². The number of aldehydes is 1. The highest BCUT2D eigenvalue weighted by Crippen LogP contribution is 2.11. The average molecular weight is 275 g/mol. The minimum Gasteiger partial charge on any atom is -0.298 e. The van der Waals surface area contributed by atoms with Gasteiger partial charge in [-0.1, -0.05) is 39.8 Å². The van der Waals surface area contributed by atoms with Gasteiger partial charge in [0.1, 0.15) is 5.82 Å². The van der Waals surface area contributed by atoms with Crippen molar-refractivity contribution < 1.29 is 9.18 Å². The van der Waals surface area contributed by atoms with Crippen LogP contribution >= 0.6 is 0 Å². The lowest BCUT2D eigenvalue weighted by molar-refractivity contribution is 0.112. The first-order valence-corrected chi connectivity index (χ1v) is 6.93. The lowest BCUT2D eigenvalue weighted by atomic mass is 10.1. The van der Waals surface area contributed by atoms with Crippen LogP contribution in [0, 0.1) is 5.82 Å². The third-order valence-electron chi connectivity index (χ3n) is 2.31. The van der Waals surface area contributed by atoms with Gasteiger partial charge in [-0.15, -0.1) is 0 Å². The lowest BCUT2D eigenvalue weighted by Gasteiger charge is -2.03. The molecule has 3 heteroatoms. The normalized spacial score (nSPS) is 8.65. The number of nitrogens with zero attached hydrogens (tertiary/aromatic N) is 1. The van der Waals surface area contributed by atoms with Crippen molar-refractivity contribution in [3.8, 4) is 0 Å². The second kappa shape index (κ2) is 10.9. The summed E-state index contributed by atoms with van der Waals surface area (Å²) in [7, 11) is 0. The molecule has 2 aromatic rings. The van der Waals surface area contributed by atoms with Crippen LogP contribution in [0.5, 0.6) is 0 Å². The molecule has 0 unspecified atom stereocenters. The summed E-state index contributed by atoms with van der Waals surface area (Å²) in [5.41, 5.74) is 2.02. The van der Waals surface area contributed by atoms with Crippen molar-refractivity contribution in [2.45, 2.75) is 34.1 Å². The van der Waals surface area contributed by atoms with Gasteiger partial charge in [0, 0.05) is 18.2 Å². The third kappa shape index (κ3) is 5.74. The molecule has 2 rings (SSSR count). The zero-order chi connectivity index (χ0) is 15.4. The van der Waals surface area contributed by atoms with Crippen LogP contribution < -0.4 is 0 Å². The van der Waals surface area contributed by atoms with Crippen molar-refractivity contribution in [1.82, 2.24) is 4.98 Å². The number of hydrogen-bond acceptors (Lipinski definition) is 2. The fourth-order valence-electron chi connectivity index (χ4n) is 1.55. The van der Waals surface area contributed by atoms with Crippen molar-refractivity contribution in [1.29, 1.82) is 0 Å². The topological polar surface area (TPSA) is 30.0 Å². The van der Waals surface area contributed by atoms with Crippen LogP contribution in [0.1, 0.15) is 49.3 Å². The standard InChI is InChI=1S/C13H10FNO.2C2H6/c14-12-5-1-3-10(7-12)8-13-11(9-16)4-2-6-15-13;2*1-2/h1-7,9H,8H2;2*1-2H3. The minimum absolute atomic E-state index is 0.277. The van der Waals surface area contributed by atoms with Gasteiger partial charge in [-0.3, -0.25) is 9.78 Å². The van der Waals surface area contributed by atoms with E-state index < -0.39 is 0 Å². The Balaban J connectivity index is 0.000000829. The molecule has 20 heavy (non-hydrogen) atoms. The molecule has 0 bridgehead atoms. The molecular formula is C17H22FNO. The summed E-state index contributed by atoms with van der Waals surface area (Å²) >= 11 is 0. The maximum atomic E-state index is 13.0. The maximum absolute atomic E-state index is 13.0. The molecule has 0 saturated carbocycles. The summed E-state index contributed by atoms with van der Waals surface area (Å²) < 4.78 is 13.0. The Hall–Kier alpha value is -2.03. The maximum Gasteiger partial charge on any atom is 0.151 e. The number of carbonyl (C=O) groups is 1. The number of halogens is 1. The number of rotatable bonds is 3. The summed E-state index contributed by atoms with van der Waals surface area (Å²) in [5, 5.41) is 0. The van der Waals surface area contributed by atoms with Crippen molar-refractivity contribution in [2.75, 3.05) is 0 Å². The number of hydrogen-bond donors (Lipinski definition) is 0. The molecule has 0 spiro atoms. The molecule has 0 radical (unpaired) electrons. The molecule has 0 saturated heterocycles. The van der Waals surface area contributed by atoms with Crippen LogP contribution in [0.3, 0.4) is 0 Å². The Morgan fingerprint density at radius 1 is 1.10 bits per heavy atom. The van der Waals surface area contributed by atoms with Crippen LogP contribution in [0.15, 0.2) is 42.6 Å². The van der Waals surface area contributed by atoms with E-state index in [4.69, 9.17) is 0 Å². The van der Waals surface area contributed by atoms with Gasteiger partial charge in [0.2, 0.25) is 0 Å². The molecule has 1 aromatic heterocycles. The first-order valence-electron chi connectivity index (χ1n) is 6.93. The summed E-state index contributed by atoms with van der Waals surface area (Å²) in [6.07, 6.45) is 2.86. The highest BCUT2D eigenvalue weighted by molar-refractivity contribution is 5.76. The minimum atomic E-state index is -0.277. The Morgan fingerprint density at radius 3 is 2.40 bits per heavy atom. The van der Waals surface area contributed by atoms with Gasteiger partial charge < -0.3 is 0 Å². The van der Waals surface area contributed by atoms with Crippen LogP contribution in [0.2, 0.25) is 0 Å². The van der Waals surface area contributed by atoms with Gasteiger partial charge in [-0.05, 0) is 29.8 Å². The zero-order valence-electron chi connectivity index (χ0n) is 12.6. The first-order chi connectivity index (χ1) is 9.79. The molecule has 2 nitrogen and oxygen atoms in total. The average Bonchev–Trinajstić information content (AvgIpc) is 2.52. The van der Waals surface area contributed by atoms with Crippen LogP contribution in [0.4, 0.5) is 4.39 Å². The summed E-state index contributed by atoms with van der Waals surface area (Å²) in [4.78, 5) is 14.9. The number of benzene rings is 1. The van der Waals surface area contributed by atoms with Crippen molar-refractivity contribution in [3.05, 3.63) is 65.2 Å². The molecule has 1 aromatic carbocycles. The van der Waals surface area contributed by atoms with E-state index in [-0.39, 0.29) is 5.82 Å². The van der Waals surface area contributed by atoms with E-state index in [1.807, 2.05) is 33.8 Å². The van der Waals surface area contributed by atoms with E-state index in [0.717, 1.165) is 11.8 Å². The Bertz CT molecular complexity index is 512. The number of carbonyl (C=O) groups excluding carboxylic acids is 1. The fourth-order valence-corrected chi connectivity index (χ4v) is 1.55. The predicted molar refractivity (Wildman–Crippen MR) is 81.5 cm³/mol. The number of pyridine rings is 1. The number of aromatic nitrogens is 1. The second-order valence-corrected chi connectivity index (χ2v) is 3.46. The van der Waals surface area contributed by atoms with Crippen LogP contribution in [-0.4, -0.2) is 11.3 Å². The van der Waals surface area contributed by atoms with Crippen molar-refractivity contribution >= 4 is 6.29 Å². The molecule has 0 N–H and O–H groups in total. The van der Waals surface area contributed by atoms with E-state index in [1.54, 1.807) is 24.4 Å². The smallest absolute Gasteiger partial charge is 0.151 e. The van der Waals surface area contributed by atoms with E-state index in [1.165, 1.54) is 12.1 Å². The van der Waals surface area contributed by atoms with Gasteiger partial charge >= 0.3 is 0 Å². The molecule has 0 amide bonds. The van der Waals surface area contributed by atoms with E-state index in [2.05, 4.69) is 4.98 Å². The molecule has 1 heterocycles. The highest BCUT2D eigenvalue weighted by atomic mass is 19.1. The Labute approximate surface area is 120 Å². The summed E-state index contributed by atoms with van der Waals surface area (Å²) in [6, 6.07) is 9.71. The summed E-state index contributed by atoms with van der Waals surface area (Å²) in [6.45, 7) is 8.00. The molecule has 0 fully saturated rings. The predicted octanol–water partition coefficient (Wildman–Crippen LogP) is 4.68. The molecular weight excluding hydrogens is 253 g/mol. The third-order valence-corrected chi connectivity index (χ3v) is 2.31. The highest BCUT2D eigenvalue weighted by Gasteiger charge is 2.04. The first kappa shape index (κ1) is 18.0. The molecule has 0 aliphatic rings. The van der Waals surface area contributed by atoms with E-state index in [9.17, 15) is 9.18 Å². The van der Waals surface area contributed by atoms with Gasteiger partial charge in [0.25, 0.3) is 0 Å². The van der Waals surface area contributed by atoms with E-state index >= 15 is 0 Å². The molecule has 0 aliphatic heterocycles. The molecule has 108 valence electrons. The quantitative estimate of drug-likeness (QED) is 0.761. The van der Waals surface area contributed by atoms with Crippen molar-refractivity contribution in [3.63, 3.8) is 0 Å². The van der Waals surface area contributed by atoms with Gasteiger partial charge in [0.05, 0.1) is 5.69 Å². The van der Waals surface area contributed by atoms with Gasteiger partial charge in [-0.2, -0.15) is 0 Å². The van der Waals surface area contributed by atoms with Crippen LogP contribution in [0.25, 0.3) is 0 Å². The monoisotopic (exact) mass is 275 g/mol. The SMILES string of the molecule is CC.CC.O=Cc1cccnc1Cc1cccc(F)c1. The van der Waals surface area contributed by atoms with Crippen molar-refractivity contribution in [2.24, 2.45) is 0 Å². The fraction of sp³-hybridized carbons (Fsp3) is 0.294. The van der Waals surface area contributed by atoms with Gasteiger partial charge in [0.15, 0.2) is 6.29 Å². The van der Waals surface area contributed by atoms with Crippen LogP contribution in [-0.2, 0) is 6.42 Å². The zero-order valence-corrected chi connectivity index (χ0v) is 12.6.